The standard InChI is InChI=1S/C17H15NO2/c1-2-17(14-11-7-4-8-12-14)16(19)20-15(18-17)13-9-5-3-6-10-13/h3-12H,2H2,1H3. The molecule has 0 radical (unpaired) electrons. The molecule has 0 aromatic heterocycles. The monoisotopic (exact) mass is 265 g/mol. The van der Waals surface area contributed by atoms with Crippen LogP contribution in [-0.2, 0) is 15.1 Å². The van der Waals surface area contributed by atoms with Crippen LogP contribution in [0.3, 0.4) is 0 Å². The maximum absolute atomic E-state index is 12.4. The van der Waals surface area contributed by atoms with E-state index in [4.69, 9.17) is 4.74 Å². The van der Waals surface area contributed by atoms with E-state index in [9.17, 15) is 4.79 Å². The number of hydrogen-bond acceptors (Lipinski definition) is 3. The zero-order chi connectivity index (χ0) is 14.0. The average Bonchev–Trinajstić information content (AvgIpc) is 2.87. The second-order valence-corrected chi connectivity index (χ2v) is 4.75. The van der Waals surface area contributed by atoms with E-state index < -0.39 is 5.54 Å². The van der Waals surface area contributed by atoms with Gasteiger partial charge in [-0.25, -0.2) is 9.79 Å². The summed E-state index contributed by atoms with van der Waals surface area (Å²) in [6.45, 7) is 1.95. The molecule has 1 heterocycles. The van der Waals surface area contributed by atoms with Gasteiger partial charge in [-0.2, -0.15) is 0 Å². The Morgan fingerprint density at radius 3 is 2.20 bits per heavy atom. The maximum atomic E-state index is 12.4. The van der Waals surface area contributed by atoms with Crippen LogP contribution in [0, 0.1) is 0 Å². The van der Waals surface area contributed by atoms with E-state index in [1.807, 2.05) is 67.6 Å². The van der Waals surface area contributed by atoms with E-state index in [1.54, 1.807) is 0 Å². The molecule has 2 aromatic carbocycles. The van der Waals surface area contributed by atoms with Gasteiger partial charge in [0.25, 0.3) is 0 Å². The topological polar surface area (TPSA) is 38.7 Å². The zero-order valence-corrected chi connectivity index (χ0v) is 11.2. The lowest BCUT2D eigenvalue weighted by Crippen LogP contribution is -2.30. The first-order chi connectivity index (χ1) is 9.76. The summed E-state index contributed by atoms with van der Waals surface area (Å²) in [6.07, 6.45) is 0.576. The van der Waals surface area contributed by atoms with Crippen LogP contribution in [0.15, 0.2) is 65.7 Å². The Labute approximate surface area is 117 Å². The largest absolute Gasteiger partial charge is 0.405 e. The first kappa shape index (κ1) is 12.6. The number of hydrogen-bond donors (Lipinski definition) is 0. The van der Waals surface area contributed by atoms with Crippen molar-refractivity contribution in [3.63, 3.8) is 0 Å². The van der Waals surface area contributed by atoms with Crippen molar-refractivity contribution in [2.75, 3.05) is 0 Å². The minimum Gasteiger partial charge on any atom is -0.405 e. The summed E-state index contributed by atoms with van der Waals surface area (Å²) in [6, 6.07) is 19.1. The number of ether oxygens (including phenoxy) is 1. The summed E-state index contributed by atoms with van der Waals surface area (Å²) in [4.78, 5) is 17.0. The van der Waals surface area contributed by atoms with Crippen LogP contribution >= 0.6 is 0 Å². The Kier molecular flexibility index (Phi) is 3.11. The van der Waals surface area contributed by atoms with Gasteiger partial charge in [0.15, 0.2) is 5.54 Å². The third kappa shape index (κ3) is 1.92. The minimum atomic E-state index is -0.910. The Morgan fingerprint density at radius 2 is 1.60 bits per heavy atom. The molecule has 3 rings (SSSR count). The molecule has 1 atom stereocenters. The number of rotatable bonds is 3. The minimum absolute atomic E-state index is 0.301. The highest BCUT2D eigenvalue weighted by atomic mass is 16.6. The summed E-state index contributed by atoms with van der Waals surface area (Å²) in [7, 11) is 0. The van der Waals surface area contributed by atoms with Crippen LogP contribution in [-0.4, -0.2) is 11.9 Å². The Bertz CT molecular complexity index is 649. The predicted molar refractivity (Wildman–Crippen MR) is 77.5 cm³/mol. The van der Waals surface area contributed by atoms with Crippen molar-refractivity contribution < 1.29 is 9.53 Å². The van der Waals surface area contributed by atoms with Gasteiger partial charge in [-0.3, -0.25) is 0 Å². The second-order valence-electron chi connectivity index (χ2n) is 4.75. The first-order valence-corrected chi connectivity index (χ1v) is 6.69. The number of cyclic esters (lactones) is 1. The lowest BCUT2D eigenvalue weighted by atomic mass is 9.88. The van der Waals surface area contributed by atoms with Gasteiger partial charge >= 0.3 is 5.97 Å². The third-order valence-electron chi connectivity index (χ3n) is 3.60. The molecule has 0 saturated heterocycles. The van der Waals surface area contributed by atoms with Crippen molar-refractivity contribution in [2.24, 2.45) is 4.99 Å². The van der Waals surface area contributed by atoms with Crippen LogP contribution < -0.4 is 0 Å². The van der Waals surface area contributed by atoms with Crippen LogP contribution in [0.2, 0.25) is 0 Å². The fraction of sp³-hybridized carbons (Fsp3) is 0.176. The van der Waals surface area contributed by atoms with Gasteiger partial charge < -0.3 is 4.74 Å². The summed E-state index contributed by atoms with van der Waals surface area (Å²) in [5.74, 6) is 0.103. The predicted octanol–water partition coefficient (Wildman–Crippen LogP) is 3.30. The molecule has 20 heavy (non-hydrogen) atoms. The van der Waals surface area contributed by atoms with E-state index in [0.717, 1.165) is 11.1 Å². The highest BCUT2D eigenvalue weighted by Crippen LogP contribution is 2.36. The molecule has 0 amide bonds. The summed E-state index contributed by atoms with van der Waals surface area (Å²) >= 11 is 0. The third-order valence-corrected chi connectivity index (χ3v) is 3.60. The number of nitrogens with zero attached hydrogens (tertiary/aromatic N) is 1. The normalized spacial score (nSPS) is 21.4. The lowest BCUT2D eigenvalue weighted by molar-refractivity contribution is -0.139. The maximum Gasteiger partial charge on any atom is 0.345 e. The number of carbonyl (C=O) groups is 1. The van der Waals surface area contributed by atoms with Crippen molar-refractivity contribution in [2.45, 2.75) is 18.9 Å². The quantitative estimate of drug-likeness (QED) is 0.799. The number of aliphatic imine (C=N–C) groups is 1. The molecule has 1 aliphatic heterocycles. The van der Waals surface area contributed by atoms with E-state index >= 15 is 0 Å². The Balaban J connectivity index is 2.08. The van der Waals surface area contributed by atoms with Gasteiger partial charge in [0, 0.05) is 5.56 Å². The van der Waals surface area contributed by atoms with Gasteiger partial charge in [0.1, 0.15) is 0 Å². The van der Waals surface area contributed by atoms with Crippen molar-refractivity contribution in [1.29, 1.82) is 0 Å². The molecule has 2 aromatic rings. The molecule has 100 valence electrons. The van der Waals surface area contributed by atoms with Crippen molar-refractivity contribution in [3.8, 4) is 0 Å². The average molecular weight is 265 g/mol. The molecular weight excluding hydrogens is 250 g/mol. The highest BCUT2D eigenvalue weighted by Gasteiger charge is 2.46. The molecule has 1 aliphatic rings. The molecule has 0 spiro atoms. The molecule has 3 nitrogen and oxygen atoms in total. The molecule has 1 unspecified atom stereocenters. The van der Waals surface area contributed by atoms with E-state index in [0.29, 0.717) is 12.3 Å². The molecule has 0 fully saturated rings. The van der Waals surface area contributed by atoms with Gasteiger partial charge in [0.05, 0.1) is 0 Å². The number of esters is 1. The van der Waals surface area contributed by atoms with Crippen molar-refractivity contribution >= 4 is 11.9 Å². The smallest absolute Gasteiger partial charge is 0.345 e. The summed E-state index contributed by atoms with van der Waals surface area (Å²) < 4.78 is 5.42. The van der Waals surface area contributed by atoms with Crippen LogP contribution in [0.1, 0.15) is 24.5 Å². The molecular formula is C17H15NO2. The molecule has 0 bridgehead atoms. The Morgan fingerprint density at radius 1 is 1.00 bits per heavy atom. The van der Waals surface area contributed by atoms with Gasteiger partial charge in [0.2, 0.25) is 5.90 Å². The van der Waals surface area contributed by atoms with Gasteiger partial charge in [-0.15, -0.1) is 0 Å². The SMILES string of the molecule is CCC1(c2ccccc2)N=C(c2ccccc2)OC1=O. The highest BCUT2D eigenvalue weighted by molar-refractivity contribution is 6.08. The van der Waals surface area contributed by atoms with Crippen LogP contribution in [0.25, 0.3) is 0 Å². The lowest BCUT2D eigenvalue weighted by Gasteiger charge is -2.20. The molecule has 0 aliphatic carbocycles. The summed E-state index contributed by atoms with van der Waals surface area (Å²) in [5, 5.41) is 0. The van der Waals surface area contributed by atoms with Gasteiger partial charge in [-0.1, -0.05) is 55.5 Å². The summed E-state index contributed by atoms with van der Waals surface area (Å²) in [5.41, 5.74) is 0.789. The van der Waals surface area contributed by atoms with E-state index in [2.05, 4.69) is 4.99 Å². The first-order valence-electron chi connectivity index (χ1n) is 6.69. The Hall–Kier alpha value is -2.42. The van der Waals surface area contributed by atoms with Crippen LogP contribution in [0.5, 0.6) is 0 Å². The van der Waals surface area contributed by atoms with Crippen molar-refractivity contribution in [1.82, 2.24) is 0 Å². The van der Waals surface area contributed by atoms with Gasteiger partial charge in [-0.05, 0) is 24.1 Å². The van der Waals surface area contributed by atoms with E-state index in [1.165, 1.54) is 0 Å². The second kappa shape index (κ2) is 4.93. The van der Waals surface area contributed by atoms with Crippen LogP contribution in [0.4, 0.5) is 0 Å². The fourth-order valence-corrected chi connectivity index (χ4v) is 2.44. The molecule has 0 N–H and O–H groups in total. The van der Waals surface area contributed by atoms with Crippen molar-refractivity contribution in [3.05, 3.63) is 71.8 Å². The fourth-order valence-electron chi connectivity index (χ4n) is 2.44. The number of carbonyl (C=O) groups excluding carboxylic acids is 1. The number of benzene rings is 2. The zero-order valence-electron chi connectivity index (χ0n) is 11.2. The molecule has 3 heteroatoms. The molecule has 0 saturated carbocycles. The van der Waals surface area contributed by atoms with E-state index in [-0.39, 0.29) is 5.97 Å².